The number of aliphatic imine (C=N–C) groups is 1. The molecule has 0 atom stereocenters. The van der Waals surface area contributed by atoms with Crippen molar-refractivity contribution in [3.05, 3.63) is 18.0 Å². The fraction of sp³-hybridized carbons (Fsp3) is 0.750. The molecule has 1 heterocycles. The van der Waals surface area contributed by atoms with Gasteiger partial charge in [0.1, 0.15) is 12.0 Å². The van der Waals surface area contributed by atoms with Gasteiger partial charge in [-0.05, 0) is 19.3 Å². The van der Waals surface area contributed by atoms with Crippen molar-refractivity contribution in [2.24, 2.45) is 10.9 Å². The Morgan fingerprint density at radius 2 is 2.05 bits per heavy atom. The Morgan fingerprint density at radius 3 is 2.71 bits per heavy atom. The third-order valence-corrected chi connectivity index (χ3v) is 3.24. The lowest BCUT2D eigenvalue weighted by atomic mass is 10.0. The molecule has 1 rings (SSSR count). The van der Waals surface area contributed by atoms with E-state index in [-0.39, 0.29) is 0 Å². The second kappa shape index (κ2) is 11.2. The summed E-state index contributed by atoms with van der Waals surface area (Å²) >= 11 is 0. The van der Waals surface area contributed by atoms with Crippen molar-refractivity contribution in [1.82, 2.24) is 15.8 Å². The zero-order valence-electron chi connectivity index (χ0n) is 13.7. The minimum absolute atomic E-state index is 0.542. The van der Waals surface area contributed by atoms with E-state index in [9.17, 15) is 0 Å². The van der Waals surface area contributed by atoms with Crippen molar-refractivity contribution in [2.45, 2.75) is 59.4 Å². The molecule has 0 saturated carbocycles. The summed E-state index contributed by atoms with van der Waals surface area (Å²) in [6.45, 7) is 9.01. The Morgan fingerprint density at radius 1 is 1.24 bits per heavy atom. The largest absolute Gasteiger partial charge is 0.364 e. The summed E-state index contributed by atoms with van der Waals surface area (Å²) in [5.74, 6) is 1.68. The monoisotopic (exact) mass is 294 g/mol. The van der Waals surface area contributed by atoms with Gasteiger partial charge < -0.3 is 15.2 Å². The summed E-state index contributed by atoms with van der Waals surface area (Å²) in [5.41, 5.74) is 0.848. The third kappa shape index (κ3) is 9.10. The number of nitrogens with one attached hydrogen (secondary N) is 2. The molecule has 0 amide bonds. The Bertz CT molecular complexity index is 374. The maximum atomic E-state index is 4.80. The Kier molecular flexibility index (Phi) is 9.33. The molecule has 120 valence electrons. The molecule has 21 heavy (non-hydrogen) atoms. The molecule has 0 unspecified atom stereocenters. The second-order valence-electron chi connectivity index (χ2n) is 5.71. The number of hydrogen-bond acceptors (Lipinski definition) is 3. The first-order valence-electron chi connectivity index (χ1n) is 8.13. The van der Waals surface area contributed by atoms with Gasteiger partial charge in [-0.2, -0.15) is 0 Å². The van der Waals surface area contributed by atoms with Crippen LogP contribution in [0.3, 0.4) is 0 Å². The van der Waals surface area contributed by atoms with E-state index in [1.54, 1.807) is 6.26 Å². The maximum absolute atomic E-state index is 4.80. The zero-order valence-corrected chi connectivity index (χ0v) is 13.7. The number of hydrogen-bond donors (Lipinski definition) is 2. The van der Waals surface area contributed by atoms with E-state index < -0.39 is 0 Å². The van der Waals surface area contributed by atoms with E-state index in [0.29, 0.717) is 6.54 Å². The highest BCUT2D eigenvalue weighted by atomic mass is 16.5. The highest BCUT2D eigenvalue weighted by molar-refractivity contribution is 5.79. The van der Waals surface area contributed by atoms with E-state index in [2.05, 4.69) is 41.6 Å². The molecule has 0 spiro atoms. The average Bonchev–Trinajstić information content (AvgIpc) is 2.96. The van der Waals surface area contributed by atoms with E-state index in [0.717, 1.165) is 30.7 Å². The Labute approximate surface area is 128 Å². The maximum Gasteiger partial charge on any atom is 0.191 e. The standard InChI is InChI=1S/C16H30N4O/c1-4-17-16(19-13-15-10-12-21-20-15)18-11-8-6-5-7-9-14(2)3/h10,12,14H,4-9,11,13H2,1-3H3,(H2,17,18,19). The van der Waals surface area contributed by atoms with Crippen LogP contribution in [0.4, 0.5) is 0 Å². The van der Waals surface area contributed by atoms with Crippen molar-refractivity contribution in [1.29, 1.82) is 0 Å². The smallest absolute Gasteiger partial charge is 0.191 e. The first-order valence-corrected chi connectivity index (χ1v) is 8.13. The molecule has 0 aliphatic carbocycles. The van der Waals surface area contributed by atoms with Crippen molar-refractivity contribution >= 4 is 5.96 Å². The first-order chi connectivity index (χ1) is 10.2. The molecule has 0 fully saturated rings. The van der Waals surface area contributed by atoms with Crippen LogP contribution in [-0.4, -0.2) is 24.2 Å². The predicted octanol–water partition coefficient (Wildman–Crippen LogP) is 3.34. The quantitative estimate of drug-likeness (QED) is 0.395. The number of rotatable bonds is 10. The lowest BCUT2D eigenvalue weighted by Gasteiger charge is -2.11. The van der Waals surface area contributed by atoms with Crippen LogP contribution in [0.15, 0.2) is 21.8 Å². The van der Waals surface area contributed by atoms with Gasteiger partial charge >= 0.3 is 0 Å². The molecule has 2 N–H and O–H groups in total. The second-order valence-corrected chi connectivity index (χ2v) is 5.71. The van der Waals surface area contributed by atoms with Crippen LogP contribution in [0.1, 0.15) is 58.6 Å². The molecule has 1 aromatic heterocycles. The van der Waals surface area contributed by atoms with E-state index in [1.807, 2.05) is 6.07 Å². The van der Waals surface area contributed by atoms with Crippen LogP contribution in [0, 0.1) is 5.92 Å². The van der Waals surface area contributed by atoms with Crippen LogP contribution >= 0.6 is 0 Å². The van der Waals surface area contributed by atoms with Gasteiger partial charge in [0.15, 0.2) is 5.96 Å². The Balaban J connectivity index is 2.14. The normalized spacial score (nSPS) is 11.9. The summed E-state index contributed by atoms with van der Waals surface area (Å²) in [5, 5.41) is 10.5. The third-order valence-electron chi connectivity index (χ3n) is 3.24. The number of guanidine groups is 1. The molecule has 5 nitrogen and oxygen atoms in total. The lowest BCUT2D eigenvalue weighted by Crippen LogP contribution is -2.37. The molecule has 0 aromatic carbocycles. The summed E-state index contributed by atoms with van der Waals surface area (Å²) in [6, 6.07) is 1.84. The molecule has 0 bridgehead atoms. The fourth-order valence-electron chi connectivity index (χ4n) is 2.06. The molecule has 0 aliphatic rings. The SMILES string of the molecule is CCNC(=NCc1ccon1)NCCCCCCC(C)C. The van der Waals surface area contributed by atoms with Crippen molar-refractivity contribution in [3.8, 4) is 0 Å². The van der Waals surface area contributed by atoms with Gasteiger partial charge in [-0.3, -0.25) is 0 Å². The van der Waals surface area contributed by atoms with Crippen molar-refractivity contribution in [2.75, 3.05) is 13.1 Å². The molecule has 0 aliphatic heterocycles. The summed E-state index contributed by atoms with van der Waals surface area (Å²) in [4.78, 5) is 4.49. The molecule has 0 saturated heterocycles. The van der Waals surface area contributed by atoms with Gasteiger partial charge in [-0.1, -0.05) is 44.7 Å². The van der Waals surface area contributed by atoms with Crippen LogP contribution in [0.2, 0.25) is 0 Å². The molecule has 5 heteroatoms. The average molecular weight is 294 g/mol. The summed E-state index contributed by atoms with van der Waals surface area (Å²) in [7, 11) is 0. The first kappa shape index (κ1) is 17.5. The zero-order chi connectivity index (χ0) is 15.3. The number of nitrogens with zero attached hydrogens (tertiary/aromatic N) is 2. The van der Waals surface area contributed by atoms with Gasteiger partial charge in [0, 0.05) is 19.2 Å². The minimum Gasteiger partial charge on any atom is -0.364 e. The molecule has 1 aromatic rings. The minimum atomic E-state index is 0.542. The lowest BCUT2D eigenvalue weighted by molar-refractivity contribution is 0.412. The van der Waals surface area contributed by atoms with E-state index in [1.165, 1.54) is 32.1 Å². The molecule has 0 radical (unpaired) electrons. The van der Waals surface area contributed by atoms with Gasteiger partial charge in [-0.25, -0.2) is 4.99 Å². The van der Waals surface area contributed by atoms with Gasteiger partial charge in [-0.15, -0.1) is 0 Å². The summed E-state index contributed by atoms with van der Waals surface area (Å²) < 4.78 is 4.80. The summed E-state index contributed by atoms with van der Waals surface area (Å²) in [6.07, 6.45) is 8.05. The van der Waals surface area contributed by atoms with Crippen LogP contribution in [-0.2, 0) is 6.54 Å². The van der Waals surface area contributed by atoms with Crippen LogP contribution < -0.4 is 10.6 Å². The molecular weight excluding hydrogens is 264 g/mol. The van der Waals surface area contributed by atoms with Crippen molar-refractivity contribution in [3.63, 3.8) is 0 Å². The van der Waals surface area contributed by atoms with Crippen LogP contribution in [0.5, 0.6) is 0 Å². The van der Waals surface area contributed by atoms with E-state index in [4.69, 9.17) is 4.52 Å². The topological polar surface area (TPSA) is 62.5 Å². The fourth-order valence-corrected chi connectivity index (χ4v) is 2.06. The number of unbranched alkanes of at least 4 members (excludes halogenated alkanes) is 3. The van der Waals surface area contributed by atoms with Crippen LogP contribution in [0.25, 0.3) is 0 Å². The highest BCUT2D eigenvalue weighted by Gasteiger charge is 1.99. The predicted molar refractivity (Wildman–Crippen MR) is 87.2 cm³/mol. The molecular formula is C16H30N4O. The van der Waals surface area contributed by atoms with Gasteiger partial charge in [0.25, 0.3) is 0 Å². The number of aromatic nitrogens is 1. The Hall–Kier alpha value is -1.52. The van der Waals surface area contributed by atoms with E-state index >= 15 is 0 Å². The van der Waals surface area contributed by atoms with Gasteiger partial charge in [0.05, 0.1) is 6.54 Å². The van der Waals surface area contributed by atoms with Gasteiger partial charge in [0.2, 0.25) is 0 Å². The van der Waals surface area contributed by atoms with Crippen molar-refractivity contribution < 1.29 is 4.52 Å². The highest BCUT2D eigenvalue weighted by Crippen LogP contribution is 2.08.